The van der Waals surface area contributed by atoms with Crippen LogP contribution in [0, 0.1) is 5.41 Å². The van der Waals surface area contributed by atoms with E-state index in [2.05, 4.69) is 21.2 Å². The van der Waals surface area contributed by atoms with Crippen LogP contribution in [0.25, 0.3) is 0 Å². The summed E-state index contributed by atoms with van der Waals surface area (Å²) in [7, 11) is 0. The summed E-state index contributed by atoms with van der Waals surface area (Å²) < 4.78 is 1.03. The number of halogens is 1. The van der Waals surface area contributed by atoms with Gasteiger partial charge in [-0.1, -0.05) is 54.9 Å². The summed E-state index contributed by atoms with van der Waals surface area (Å²) in [6.45, 7) is 6.15. The lowest BCUT2D eigenvalue weighted by atomic mass is 9.89. The number of carbonyl (C=O) groups excluding carboxylic acids is 1. The fourth-order valence-corrected chi connectivity index (χ4v) is 2.04. The second-order valence-corrected chi connectivity index (χ2v) is 6.63. The zero-order valence-electron chi connectivity index (χ0n) is 11.7. The molecule has 0 radical (unpaired) electrons. The second-order valence-electron chi connectivity index (χ2n) is 5.78. The number of carbonyl (C=O) groups is 1. The maximum Gasteiger partial charge on any atom is 0.220 e. The van der Waals surface area contributed by atoms with Crippen molar-refractivity contribution in [1.82, 2.24) is 5.32 Å². The molecule has 1 aromatic carbocycles. The third kappa shape index (κ3) is 5.74. The average Bonchev–Trinajstić information content (AvgIpc) is 2.33. The van der Waals surface area contributed by atoms with E-state index in [1.807, 2.05) is 45.0 Å². The topological polar surface area (TPSA) is 49.3 Å². The second kappa shape index (κ2) is 7.06. The molecule has 0 aliphatic carbocycles. The predicted molar refractivity (Wildman–Crippen MR) is 80.9 cm³/mol. The lowest BCUT2D eigenvalue weighted by molar-refractivity contribution is -0.121. The molecule has 0 saturated heterocycles. The highest BCUT2D eigenvalue weighted by Crippen LogP contribution is 2.19. The van der Waals surface area contributed by atoms with Gasteiger partial charge in [0.2, 0.25) is 5.91 Å². The Morgan fingerprint density at radius 3 is 2.58 bits per heavy atom. The molecule has 0 aliphatic rings. The van der Waals surface area contributed by atoms with Gasteiger partial charge in [0.1, 0.15) is 0 Å². The highest BCUT2D eigenvalue weighted by Gasteiger charge is 2.22. The zero-order valence-corrected chi connectivity index (χ0v) is 13.3. The van der Waals surface area contributed by atoms with E-state index >= 15 is 0 Å². The number of aryl methyl sites for hydroxylation is 1. The summed E-state index contributed by atoms with van der Waals surface area (Å²) in [4.78, 5) is 11.7. The first-order chi connectivity index (χ1) is 8.80. The molecular formula is C15H22BrNO2. The van der Waals surface area contributed by atoms with Gasteiger partial charge in [0.15, 0.2) is 0 Å². The van der Waals surface area contributed by atoms with Crippen LogP contribution in [0.15, 0.2) is 28.7 Å². The quantitative estimate of drug-likeness (QED) is 0.873. The third-order valence-corrected chi connectivity index (χ3v) is 3.85. The van der Waals surface area contributed by atoms with Crippen LogP contribution in [0.2, 0.25) is 0 Å². The van der Waals surface area contributed by atoms with Gasteiger partial charge in [0, 0.05) is 17.4 Å². The molecule has 2 N–H and O–H groups in total. The van der Waals surface area contributed by atoms with Gasteiger partial charge in [-0.2, -0.15) is 0 Å². The van der Waals surface area contributed by atoms with E-state index in [-0.39, 0.29) is 11.3 Å². The van der Waals surface area contributed by atoms with E-state index < -0.39 is 6.10 Å². The van der Waals surface area contributed by atoms with Gasteiger partial charge < -0.3 is 10.4 Å². The van der Waals surface area contributed by atoms with Crippen LogP contribution in [0.4, 0.5) is 0 Å². The Bertz CT molecular complexity index is 426. The monoisotopic (exact) mass is 327 g/mol. The molecular weight excluding hydrogens is 306 g/mol. The van der Waals surface area contributed by atoms with Crippen LogP contribution in [-0.4, -0.2) is 23.7 Å². The number of aliphatic hydroxyl groups is 1. The average molecular weight is 328 g/mol. The largest absolute Gasteiger partial charge is 0.391 e. The first-order valence-corrected chi connectivity index (χ1v) is 7.28. The highest BCUT2D eigenvalue weighted by atomic mass is 79.9. The minimum Gasteiger partial charge on any atom is -0.391 e. The van der Waals surface area contributed by atoms with Gasteiger partial charge in [-0.25, -0.2) is 0 Å². The van der Waals surface area contributed by atoms with E-state index in [9.17, 15) is 9.90 Å². The molecule has 0 saturated carbocycles. The lowest BCUT2D eigenvalue weighted by Crippen LogP contribution is -2.39. The Kier molecular flexibility index (Phi) is 6.01. The molecule has 0 spiro atoms. The summed E-state index contributed by atoms with van der Waals surface area (Å²) in [6.07, 6.45) is 0.595. The van der Waals surface area contributed by atoms with Gasteiger partial charge in [-0.15, -0.1) is 0 Å². The summed E-state index contributed by atoms with van der Waals surface area (Å²) in [5.74, 6) is -0.0287. The molecule has 4 heteroatoms. The number of hydrogen-bond acceptors (Lipinski definition) is 2. The Labute approximate surface area is 123 Å². The Hall–Kier alpha value is -0.870. The van der Waals surface area contributed by atoms with Crippen molar-refractivity contribution in [2.24, 2.45) is 5.41 Å². The molecule has 1 aromatic rings. The molecule has 0 heterocycles. The molecule has 0 aromatic heterocycles. The normalized spacial score (nSPS) is 13.1. The van der Waals surface area contributed by atoms with Gasteiger partial charge in [-0.3, -0.25) is 4.79 Å². The molecule has 106 valence electrons. The molecule has 3 nitrogen and oxygen atoms in total. The SMILES string of the molecule is CC(C)(C)C(O)CNC(=O)CCc1ccccc1Br. The van der Waals surface area contributed by atoms with E-state index in [0.717, 1.165) is 10.0 Å². The smallest absolute Gasteiger partial charge is 0.220 e. The van der Waals surface area contributed by atoms with E-state index in [1.165, 1.54) is 0 Å². The Morgan fingerprint density at radius 2 is 2.00 bits per heavy atom. The standard InChI is InChI=1S/C15H22BrNO2/c1-15(2,3)13(18)10-17-14(19)9-8-11-6-4-5-7-12(11)16/h4-7,13,18H,8-10H2,1-3H3,(H,17,19). The maximum absolute atomic E-state index is 11.7. The highest BCUT2D eigenvalue weighted by molar-refractivity contribution is 9.10. The van der Waals surface area contributed by atoms with Gasteiger partial charge in [0.25, 0.3) is 0 Å². The fraction of sp³-hybridized carbons (Fsp3) is 0.533. The maximum atomic E-state index is 11.7. The first-order valence-electron chi connectivity index (χ1n) is 6.49. The number of rotatable bonds is 5. The van der Waals surface area contributed by atoms with Crippen molar-refractivity contribution in [1.29, 1.82) is 0 Å². The summed E-state index contributed by atoms with van der Waals surface area (Å²) in [5, 5.41) is 12.6. The Morgan fingerprint density at radius 1 is 1.37 bits per heavy atom. The molecule has 1 atom stereocenters. The summed E-state index contributed by atoms with van der Waals surface area (Å²) >= 11 is 3.46. The van der Waals surface area contributed by atoms with Crippen molar-refractivity contribution in [3.05, 3.63) is 34.3 Å². The molecule has 1 amide bonds. The molecule has 0 bridgehead atoms. The molecule has 0 aliphatic heterocycles. The van der Waals surface area contributed by atoms with Crippen molar-refractivity contribution in [2.75, 3.05) is 6.54 Å². The minimum absolute atomic E-state index is 0.0287. The molecule has 0 fully saturated rings. The van der Waals surface area contributed by atoms with Crippen molar-refractivity contribution in [3.63, 3.8) is 0 Å². The van der Waals surface area contributed by atoms with Crippen LogP contribution in [0.3, 0.4) is 0 Å². The fourth-order valence-electron chi connectivity index (χ4n) is 1.55. The van der Waals surface area contributed by atoms with Gasteiger partial charge in [0.05, 0.1) is 6.10 Å². The van der Waals surface area contributed by atoms with Crippen molar-refractivity contribution >= 4 is 21.8 Å². The van der Waals surface area contributed by atoms with Crippen LogP contribution >= 0.6 is 15.9 Å². The van der Waals surface area contributed by atoms with E-state index in [4.69, 9.17) is 0 Å². The summed E-state index contributed by atoms with van der Waals surface area (Å²) in [6, 6.07) is 7.88. The van der Waals surface area contributed by atoms with Crippen LogP contribution in [0.5, 0.6) is 0 Å². The zero-order chi connectivity index (χ0) is 14.5. The summed E-state index contributed by atoms with van der Waals surface area (Å²) in [5.41, 5.74) is 0.907. The van der Waals surface area contributed by atoms with E-state index in [0.29, 0.717) is 19.4 Å². The third-order valence-electron chi connectivity index (χ3n) is 3.07. The van der Waals surface area contributed by atoms with Gasteiger partial charge >= 0.3 is 0 Å². The van der Waals surface area contributed by atoms with Crippen LogP contribution in [-0.2, 0) is 11.2 Å². The minimum atomic E-state index is -0.528. The van der Waals surface area contributed by atoms with Gasteiger partial charge in [-0.05, 0) is 23.5 Å². The van der Waals surface area contributed by atoms with E-state index in [1.54, 1.807) is 0 Å². The number of aliphatic hydroxyl groups excluding tert-OH is 1. The van der Waals surface area contributed by atoms with Crippen LogP contribution in [0.1, 0.15) is 32.8 Å². The van der Waals surface area contributed by atoms with Crippen LogP contribution < -0.4 is 5.32 Å². The Balaban J connectivity index is 2.35. The predicted octanol–water partition coefficient (Wildman–Crippen LogP) is 2.90. The number of nitrogens with one attached hydrogen (secondary N) is 1. The number of amides is 1. The number of benzene rings is 1. The first kappa shape index (κ1) is 16.2. The lowest BCUT2D eigenvalue weighted by Gasteiger charge is -2.25. The molecule has 19 heavy (non-hydrogen) atoms. The van der Waals surface area contributed by atoms with Crippen molar-refractivity contribution in [2.45, 2.75) is 39.7 Å². The van der Waals surface area contributed by atoms with Crippen molar-refractivity contribution < 1.29 is 9.90 Å². The van der Waals surface area contributed by atoms with Crippen molar-refractivity contribution in [3.8, 4) is 0 Å². The molecule has 1 unspecified atom stereocenters. The number of hydrogen-bond donors (Lipinski definition) is 2. The molecule has 1 rings (SSSR count).